The SMILES string of the molecule is C=CCC(OC(=O)CC(OC)C(C)(C)C(=O)C(C)C(OC)C(C)CCC/C=C\C)/C(C)=C/I. The molecule has 190 valence electrons. The molecule has 0 spiro atoms. The van der Waals surface area contributed by atoms with Crippen LogP contribution in [-0.4, -0.2) is 44.3 Å². The third-order valence-electron chi connectivity index (χ3n) is 6.42. The summed E-state index contributed by atoms with van der Waals surface area (Å²) < 4.78 is 19.0. The Labute approximate surface area is 215 Å². The first-order chi connectivity index (χ1) is 15.5. The van der Waals surface area contributed by atoms with Gasteiger partial charge in [-0.25, -0.2) is 0 Å². The minimum absolute atomic E-state index is 0.000678. The molecule has 5 unspecified atom stereocenters. The maximum absolute atomic E-state index is 13.6. The molecular formula is C27H45IO5. The van der Waals surface area contributed by atoms with E-state index < -0.39 is 11.5 Å². The fourth-order valence-electron chi connectivity index (χ4n) is 4.25. The zero-order valence-electron chi connectivity index (χ0n) is 21.9. The summed E-state index contributed by atoms with van der Waals surface area (Å²) in [5, 5.41) is 0. The molecular weight excluding hydrogens is 531 g/mol. The molecule has 0 aromatic heterocycles. The number of unbranched alkanes of at least 4 members (excludes halogenated alkanes) is 1. The van der Waals surface area contributed by atoms with Gasteiger partial charge in [0, 0.05) is 26.6 Å². The Bertz CT molecular complexity index is 667. The average Bonchev–Trinajstić information content (AvgIpc) is 2.79. The second-order valence-corrected chi connectivity index (χ2v) is 9.96. The predicted molar refractivity (Wildman–Crippen MR) is 144 cm³/mol. The van der Waals surface area contributed by atoms with E-state index in [9.17, 15) is 9.59 Å². The summed E-state index contributed by atoms with van der Waals surface area (Å²) in [5.41, 5.74) is 0.0737. The minimum Gasteiger partial charge on any atom is -0.457 e. The summed E-state index contributed by atoms with van der Waals surface area (Å²) in [6, 6.07) is 0. The lowest BCUT2D eigenvalue weighted by molar-refractivity contribution is -0.156. The lowest BCUT2D eigenvalue weighted by Crippen LogP contribution is -2.46. The number of allylic oxidation sites excluding steroid dienone is 2. The molecule has 0 saturated heterocycles. The van der Waals surface area contributed by atoms with E-state index in [-0.39, 0.29) is 42.2 Å². The number of halogens is 1. The molecule has 0 aromatic rings. The average molecular weight is 577 g/mol. The highest BCUT2D eigenvalue weighted by molar-refractivity contribution is 14.1. The second kappa shape index (κ2) is 16.6. The molecule has 0 aliphatic carbocycles. The summed E-state index contributed by atoms with van der Waals surface area (Å²) >= 11 is 2.13. The molecule has 0 heterocycles. The fraction of sp³-hybridized carbons (Fsp3) is 0.704. The summed E-state index contributed by atoms with van der Waals surface area (Å²) in [5.74, 6) is -0.447. The van der Waals surface area contributed by atoms with Crippen molar-refractivity contribution < 1.29 is 23.8 Å². The van der Waals surface area contributed by atoms with Gasteiger partial charge in [0.15, 0.2) is 0 Å². The van der Waals surface area contributed by atoms with Gasteiger partial charge in [0.05, 0.1) is 24.0 Å². The first-order valence-electron chi connectivity index (χ1n) is 11.8. The standard InChI is InChI=1S/C27H45IO5/c1-10-12-13-14-16-19(3)25(32-9)21(5)26(30)27(6,7)23(31-8)17-24(29)33-22(15-11-2)20(4)18-28/h10-12,18-19,21-23,25H,2,13-17H2,1,3-9H3/b12-10-,20-18+. The minimum atomic E-state index is -0.878. The Morgan fingerprint density at radius 3 is 2.27 bits per heavy atom. The number of methoxy groups -OCH3 is 2. The number of hydrogen-bond donors (Lipinski definition) is 0. The van der Waals surface area contributed by atoms with E-state index in [1.54, 1.807) is 13.2 Å². The highest BCUT2D eigenvalue weighted by Gasteiger charge is 2.43. The van der Waals surface area contributed by atoms with E-state index in [0.29, 0.717) is 6.42 Å². The number of rotatable bonds is 17. The molecule has 0 aromatic carbocycles. The van der Waals surface area contributed by atoms with Gasteiger partial charge >= 0.3 is 5.97 Å². The van der Waals surface area contributed by atoms with Crippen LogP contribution in [0.25, 0.3) is 0 Å². The number of ether oxygens (including phenoxy) is 3. The molecule has 0 aliphatic rings. The van der Waals surface area contributed by atoms with Crippen molar-refractivity contribution >= 4 is 34.3 Å². The van der Waals surface area contributed by atoms with Gasteiger partial charge in [0.1, 0.15) is 11.9 Å². The largest absolute Gasteiger partial charge is 0.457 e. The van der Waals surface area contributed by atoms with Crippen LogP contribution in [0.4, 0.5) is 0 Å². The van der Waals surface area contributed by atoms with E-state index in [2.05, 4.69) is 48.2 Å². The molecule has 0 N–H and O–H groups in total. The van der Waals surface area contributed by atoms with Gasteiger partial charge in [0.2, 0.25) is 0 Å². The molecule has 0 amide bonds. The van der Waals surface area contributed by atoms with Crippen LogP contribution >= 0.6 is 22.6 Å². The Balaban J connectivity index is 5.34. The van der Waals surface area contributed by atoms with Gasteiger partial charge in [-0.05, 0) is 48.7 Å². The van der Waals surface area contributed by atoms with Crippen LogP contribution in [0.15, 0.2) is 34.5 Å². The highest BCUT2D eigenvalue weighted by Crippen LogP contribution is 2.34. The number of esters is 1. The normalized spacial score (nSPS) is 17.3. The quantitative estimate of drug-likeness (QED) is 0.0821. The van der Waals surface area contributed by atoms with Crippen LogP contribution in [-0.2, 0) is 23.8 Å². The summed E-state index contributed by atoms with van der Waals surface area (Å²) in [6.45, 7) is 15.4. The van der Waals surface area contributed by atoms with Crippen LogP contribution in [0.5, 0.6) is 0 Å². The third kappa shape index (κ3) is 10.4. The lowest BCUT2D eigenvalue weighted by Gasteiger charge is -2.37. The van der Waals surface area contributed by atoms with Crippen molar-refractivity contribution in [1.29, 1.82) is 0 Å². The number of carbonyl (C=O) groups is 2. The van der Waals surface area contributed by atoms with Crippen molar-refractivity contribution in [2.45, 2.75) is 92.0 Å². The molecule has 5 nitrogen and oxygen atoms in total. The molecule has 0 radical (unpaired) electrons. The van der Waals surface area contributed by atoms with Gasteiger partial charge < -0.3 is 14.2 Å². The van der Waals surface area contributed by atoms with Gasteiger partial charge in [0.25, 0.3) is 0 Å². The molecule has 0 fully saturated rings. The van der Waals surface area contributed by atoms with Crippen molar-refractivity contribution in [3.05, 3.63) is 34.5 Å². The summed E-state index contributed by atoms with van der Waals surface area (Å²) in [4.78, 5) is 26.3. The molecule has 6 heteroatoms. The highest BCUT2D eigenvalue weighted by atomic mass is 127. The van der Waals surface area contributed by atoms with Crippen LogP contribution < -0.4 is 0 Å². The Morgan fingerprint density at radius 1 is 1.15 bits per heavy atom. The predicted octanol–water partition coefficient (Wildman–Crippen LogP) is 6.85. The number of ketones is 1. The summed E-state index contributed by atoms with van der Waals surface area (Å²) in [7, 11) is 3.20. The van der Waals surface area contributed by atoms with E-state index >= 15 is 0 Å². The smallest absolute Gasteiger partial charge is 0.309 e. The van der Waals surface area contributed by atoms with E-state index in [1.165, 1.54) is 7.11 Å². The molecule has 5 atom stereocenters. The first kappa shape index (κ1) is 32.0. The van der Waals surface area contributed by atoms with E-state index in [4.69, 9.17) is 14.2 Å². The molecule has 0 rings (SSSR count). The van der Waals surface area contributed by atoms with Crippen molar-refractivity contribution in [2.24, 2.45) is 17.3 Å². The number of carbonyl (C=O) groups excluding carboxylic acids is 2. The Kier molecular flexibility index (Phi) is 16.1. The van der Waals surface area contributed by atoms with E-state index in [0.717, 1.165) is 24.8 Å². The zero-order valence-corrected chi connectivity index (χ0v) is 24.0. The maximum atomic E-state index is 13.6. The zero-order chi connectivity index (χ0) is 25.6. The fourth-order valence-corrected chi connectivity index (χ4v) is 4.65. The molecule has 33 heavy (non-hydrogen) atoms. The van der Waals surface area contributed by atoms with Crippen LogP contribution in [0.3, 0.4) is 0 Å². The van der Waals surface area contributed by atoms with Gasteiger partial charge in [-0.2, -0.15) is 0 Å². The van der Waals surface area contributed by atoms with Gasteiger partial charge in [-0.1, -0.05) is 68.5 Å². The molecule has 0 bridgehead atoms. The van der Waals surface area contributed by atoms with Crippen molar-refractivity contribution in [1.82, 2.24) is 0 Å². The van der Waals surface area contributed by atoms with Crippen LogP contribution in [0.2, 0.25) is 0 Å². The first-order valence-corrected chi connectivity index (χ1v) is 13.0. The summed E-state index contributed by atoms with van der Waals surface area (Å²) in [6.07, 6.45) is 8.39. The number of Topliss-reactive ketones (excluding diaryl/α,β-unsaturated/α-hetero) is 1. The molecule has 0 saturated carbocycles. The lowest BCUT2D eigenvalue weighted by atomic mass is 9.72. The van der Waals surface area contributed by atoms with Crippen LogP contribution in [0.1, 0.15) is 73.6 Å². The van der Waals surface area contributed by atoms with Crippen molar-refractivity contribution in [3.8, 4) is 0 Å². The third-order valence-corrected chi connectivity index (χ3v) is 7.40. The van der Waals surface area contributed by atoms with Gasteiger partial charge in [-0.15, -0.1) is 6.58 Å². The van der Waals surface area contributed by atoms with E-state index in [1.807, 2.05) is 38.7 Å². The van der Waals surface area contributed by atoms with Crippen molar-refractivity contribution in [2.75, 3.05) is 14.2 Å². The Morgan fingerprint density at radius 2 is 1.79 bits per heavy atom. The molecule has 0 aliphatic heterocycles. The van der Waals surface area contributed by atoms with Crippen molar-refractivity contribution in [3.63, 3.8) is 0 Å². The second-order valence-electron chi connectivity index (χ2n) is 9.34. The van der Waals surface area contributed by atoms with Crippen LogP contribution in [0, 0.1) is 17.3 Å². The number of hydrogen-bond acceptors (Lipinski definition) is 5. The van der Waals surface area contributed by atoms with Gasteiger partial charge in [-0.3, -0.25) is 9.59 Å². The topological polar surface area (TPSA) is 61.8 Å². The maximum Gasteiger partial charge on any atom is 0.309 e. The Hall–Kier alpha value is -0.990. The monoisotopic (exact) mass is 576 g/mol.